The van der Waals surface area contributed by atoms with Gasteiger partial charge in [-0.2, -0.15) is 0 Å². The van der Waals surface area contributed by atoms with Gasteiger partial charge in [0, 0.05) is 4.90 Å². The quantitative estimate of drug-likeness (QED) is 0.799. The van der Waals surface area contributed by atoms with Crippen molar-refractivity contribution >= 4 is 11.9 Å². The Labute approximate surface area is 98.6 Å². The molecule has 0 unspecified atom stereocenters. The van der Waals surface area contributed by atoms with Crippen LogP contribution in [-0.2, 0) is 0 Å². The molecule has 2 rings (SSSR count). The molecule has 1 nitrogen and oxygen atoms in total. The molecule has 3 heteroatoms. The molecule has 2 aromatic carbocycles. The van der Waals surface area contributed by atoms with E-state index in [-0.39, 0.29) is 5.82 Å². The smallest absolute Gasteiger partial charge is 0.126 e. The summed E-state index contributed by atoms with van der Waals surface area (Å²) in [6, 6.07) is 13.0. The van der Waals surface area contributed by atoms with E-state index in [1.807, 2.05) is 30.3 Å². The molecule has 0 aliphatic heterocycles. The molecule has 0 bridgehead atoms. The summed E-state index contributed by atoms with van der Waals surface area (Å²) in [5, 5.41) is 5.44. The van der Waals surface area contributed by atoms with Crippen LogP contribution in [0.5, 0.6) is 0 Å². The van der Waals surface area contributed by atoms with Gasteiger partial charge in [-0.15, -0.1) is 0 Å². The maximum Gasteiger partial charge on any atom is 0.126 e. The summed E-state index contributed by atoms with van der Waals surface area (Å²) >= 11 is 1.20. The molecule has 0 fully saturated rings. The largest absolute Gasteiger partial charge is 0.274 e. The summed E-state index contributed by atoms with van der Waals surface area (Å²) in [6.45, 7) is 1.76. The van der Waals surface area contributed by atoms with E-state index in [0.29, 0.717) is 5.56 Å². The summed E-state index contributed by atoms with van der Waals surface area (Å²) in [5.41, 5.74) is 2.55. The van der Waals surface area contributed by atoms with E-state index < -0.39 is 0 Å². The van der Waals surface area contributed by atoms with Crippen molar-refractivity contribution < 1.29 is 4.39 Å². The average Bonchev–Trinajstić information content (AvgIpc) is 2.33. The second kappa shape index (κ2) is 4.68. The van der Waals surface area contributed by atoms with E-state index in [1.165, 1.54) is 11.9 Å². The minimum atomic E-state index is -0.172. The lowest BCUT2D eigenvalue weighted by Crippen LogP contribution is -1.85. The summed E-state index contributed by atoms with van der Waals surface area (Å²) in [4.78, 5) is 0.997. The van der Waals surface area contributed by atoms with Crippen molar-refractivity contribution in [2.24, 2.45) is 5.14 Å². The highest BCUT2D eigenvalue weighted by molar-refractivity contribution is 7.97. The molecule has 0 saturated heterocycles. The van der Waals surface area contributed by atoms with E-state index >= 15 is 0 Å². The van der Waals surface area contributed by atoms with Gasteiger partial charge < -0.3 is 0 Å². The number of aryl methyl sites for hydroxylation is 1. The Balaban J connectivity index is 2.38. The predicted molar refractivity (Wildman–Crippen MR) is 66.6 cm³/mol. The van der Waals surface area contributed by atoms with Crippen LogP contribution in [0, 0.1) is 12.7 Å². The van der Waals surface area contributed by atoms with Crippen molar-refractivity contribution in [3.63, 3.8) is 0 Å². The molecule has 16 heavy (non-hydrogen) atoms. The Bertz CT molecular complexity index is 494. The van der Waals surface area contributed by atoms with Crippen LogP contribution < -0.4 is 5.14 Å². The lowest BCUT2D eigenvalue weighted by atomic mass is 10.0. The number of halogens is 1. The van der Waals surface area contributed by atoms with Crippen LogP contribution >= 0.6 is 11.9 Å². The Hall–Kier alpha value is -1.32. The van der Waals surface area contributed by atoms with Gasteiger partial charge in [-0.05, 0) is 53.8 Å². The number of hydrogen-bond donors (Lipinski definition) is 1. The van der Waals surface area contributed by atoms with E-state index in [0.717, 1.165) is 16.0 Å². The van der Waals surface area contributed by atoms with Gasteiger partial charge in [0.1, 0.15) is 5.82 Å². The Kier molecular flexibility index (Phi) is 3.27. The fraction of sp³-hybridized carbons (Fsp3) is 0.0769. The zero-order valence-electron chi connectivity index (χ0n) is 8.91. The first-order valence-electron chi connectivity index (χ1n) is 4.94. The number of benzene rings is 2. The average molecular weight is 233 g/mol. The molecule has 82 valence electrons. The second-order valence-electron chi connectivity index (χ2n) is 3.61. The molecule has 0 radical (unpaired) electrons. The third-order valence-electron chi connectivity index (χ3n) is 2.50. The first-order chi connectivity index (χ1) is 7.70. The topological polar surface area (TPSA) is 26.0 Å². The van der Waals surface area contributed by atoms with Crippen LogP contribution in [0.3, 0.4) is 0 Å². The van der Waals surface area contributed by atoms with E-state index in [9.17, 15) is 4.39 Å². The van der Waals surface area contributed by atoms with Gasteiger partial charge in [0.15, 0.2) is 0 Å². The Morgan fingerprint density at radius 1 is 1.00 bits per heavy atom. The lowest BCUT2D eigenvalue weighted by molar-refractivity contribution is 0.619. The number of hydrogen-bond acceptors (Lipinski definition) is 2. The van der Waals surface area contributed by atoms with E-state index in [1.54, 1.807) is 19.1 Å². The van der Waals surface area contributed by atoms with Gasteiger partial charge in [-0.1, -0.05) is 24.3 Å². The highest BCUT2D eigenvalue weighted by Gasteiger charge is 2.01. The molecular formula is C13H12FNS. The lowest BCUT2D eigenvalue weighted by Gasteiger charge is -2.04. The highest BCUT2D eigenvalue weighted by Crippen LogP contribution is 2.23. The van der Waals surface area contributed by atoms with Gasteiger partial charge in [0.25, 0.3) is 0 Å². The van der Waals surface area contributed by atoms with Gasteiger partial charge in [0.05, 0.1) is 0 Å². The van der Waals surface area contributed by atoms with Crippen molar-refractivity contribution in [2.75, 3.05) is 0 Å². The first-order valence-corrected chi connectivity index (χ1v) is 5.82. The zero-order valence-corrected chi connectivity index (χ0v) is 9.72. The molecule has 0 saturated carbocycles. The van der Waals surface area contributed by atoms with E-state index in [2.05, 4.69) is 0 Å². The van der Waals surface area contributed by atoms with Crippen molar-refractivity contribution in [1.29, 1.82) is 0 Å². The summed E-state index contributed by atoms with van der Waals surface area (Å²) in [7, 11) is 0. The van der Waals surface area contributed by atoms with Gasteiger partial charge in [-0.3, -0.25) is 5.14 Å². The monoisotopic (exact) mass is 233 g/mol. The van der Waals surface area contributed by atoms with Crippen LogP contribution in [0.4, 0.5) is 4.39 Å². The fourth-order valence-electron chi connectivity index (χ4n) is 1.50. The Morgan fingerprint density at radius 2 is 1.62 bits per heavy atom. The standard InChI is InChI=1S/C13H12FNS/c1-9-2-3-11(8-13(9)14)10-4-6-12(16-15)7-5-10/h2-8H,15H2,1H3. The van der Waals surface area contributed by atoms with Crippen molar-refractivity contribution in [1.82, 2.24) is 0 Å². The Morgan fingerprint density at radius 3 is 2.19 bits per heavy atom. The van der Waals surface area contributed by atoms with Crippen molar-refractivity contribution in [3.8, 4) is 11.1 Å². The highest BCUT2D eigenvalue weighted by atomic mass is 32.2. The minimum absolute atomic E-state index is 0.172. The van der Waals surface area contributed by atoms with E-state index in [4.69, 9.17) is 5.14 Å². The van der Waals surface area contributed by atoms with Gasteiger partial charge in [0.2, 0.25) is 0 Å². The molecule has 0 aliphatic rings. The zero-order chi connectivity index (χ0) is 11.5. The molecule has 0 aromatic heterocycles. The van der Waals surface area contributed by atoms with Crippen LogP contribution in [0.2, 0.25) is 0 Å². The first kappa shape index (κ1) is 11.2. The third-order valence-corrected chi connectivity index (χ3v) is 3.04. The molecule has 0 spiro atoms. The van der Waals surface area contributed by atoms with Crippen molar-refractivity contribution in [2.45, 2.75) is 11.8 Å². The molecule has 0 heterocycles. The number of rotatable bonds is 2. The molecule has 2 aromatic rings. The molecule has 0 aliphatic carbocycles. The third kappa shape index (κ3) is 2.26. The molecule has 2 N–H and O–H groups in total. The summed E-state index contributed by atoms with van der Waals surface area (Å²) in [6.07, 6.45) is 0. The summed E-state index contributed by atoms with van der Waals surface area (Å²) in [5.74, 6) is -0.172. The van der Waals surface area contributed by atoms with Gasteiger partial charge in [-0.25, -0.2) is 4.39 Å². The fourth-order valence-corrected chi connectivity index (χ4v) is 1.79. The van der Waals surface area contributed by atoms with Crippen molar-refractivity contribution in [3.05, 3.63) is 53.8 Å². The SMILES string of the molecule is Cc1ccc(-c2ccc(SN)cc2)cc1F. The predicted octanol–water partition coefficient (Wildman–Crippen LogP) is 3.77. The summed E-state index contributed by atoms with van der Waals surface area (Å²) < 4.78 is 13.4. The number of nitrogens with two attached hydrogens (primary N) is 1. The molecule has 0 atom stereocenters. The second-order valence-corrected chi connectivity index (χ2v) is 4.31. The van der Waals surface area contributed by atoms with Crippen LogP contribution in [-0.4, -0.2) is 0 Å². The van der Waals surface area contributed by atoms with Crippen LogP contribution in [0.15, 0.2) is 47.4 Å². The normalized spacial score (nSPS) is 10.4. The minimum Gasteiger partial charge on any atom is -0.274 e. The maximum atomic E-state index is 13.4. The maximum absolute atomic E-state index is 13.4. The van der Waals surface area contributed by atoms with Crippen LogP contribution in [0.1, 0.15) is 5.56 Å². The molecular weight excluding hydrogens is 221 g/mol. The van der Waals surface area contributed by atoms with Gasteiger partial charge >= 0.3 is 0 Å². The van der Waals surface area contributed by atoms with Crippen LogP contribution in [0.25, 0.3) is 11.1 Å². The molecule has 0 amide bonds.